The number of para-hydroxylation sites is 2. The van der Waals surface area contributed by atoms with Gasteiger partial charge in [0.05, 0.1) is 7.11 Å². The summed E-state index contributed by atoms with van der Waals surface area (Å²) in [5.41, 5.74) is 1.19. The number of aromatic nitrogens is 3. The van der Waals surface area contributed by atoms with E-state index >= 15 is 0 Å². The number of rotatable bonds is 3. The normalized spacial score (nSPS) is 10.2. The number of nitriles is 1. The molecule has 1 heterocycles. The van der Waals surface area contributed by atoms with Crippen LogP contribution in [0, 0.1) is 17.1 Å². The first-order chi connectivity index (χ1) is 10.8. The Kier molecular flexibility index (Phi) is 3.54. The highest BCUT2D eigenvalue weighted by molar-refractivity contribution is 5.68. The molecular weight excluding hydrogens is 283 g/mol. The zero-order valence-electron chi connectivity index (χ0n) is 11.7. The SMILES string of the molecule is COc1ccccc1-n1nnc(C#N)c1-c1ccccc1F. The summed E-state index contributed by atoms with van der Waals surface area (Å²) in [6.45, 7) is 0. The summed E-state index contributed by atoms with van der Waals surface area (Å²) in [4.78, 5) is 0. The van der Waals surface area contributed by atoms with Gasteiger partial charge in [0, 0.05) is 5.56 Å². The maximum atomic E-state index is 14.1. The number of halogens is 1. The van der Waals surface area contributed by atoms with Crippen LogP contribution < -0.4 is 4.74 Å². The number of hydrogen-bond acceptors (Lipinski definition) is 4. The van der Waals surface area contributed by atoms with Crippen LogP contribution in [-0.4, -0.2) is 22.1 Å². The van der Waals surface area contributed by atoms with Gasteiger partial charge in [-0.05, 0) is 24.3 Å². The monoisotopic (exact) mass is 294 g/mol. The Bertz CT molecular complexity index is 867. The Hall–Kier alpha value is -3.20. The third-order valence-corrected chi connectivity index (χ3v) is 3.22. The quantitative estimate of drug-likeness (QED) is 0.745. The zero-order chi connectivity index (χ0) is 15.5. The molecule has 0 N–H and O–H groups in total. The van der Waals surface area contributed by atoms with E-state index in [0.29, 0.717) is 17.1 Å². The maximum Gasteiger partial charge on any atom is 0.191 e. The minimum Gasteiger partial charge on any atom is -0.494 e. The fourth-order valence-electron chi connectivity index (χ4n) is 2.23. The highest BCUT2D eigenvalue weighted by Gasteiger charge is 2.20. The van der Waals surface area contributed by atoms with Crippen molar-refractivity contribution in [3.63, 3.8) is 0 Å². The van der Waals surface area contributed by atoms with Crippen molar-refractivity contribution < 1.29 is 9.13 Å². The number of benzene rings is 2. The van der Waals surface area contributed by atoms with E-state index in [4.69, 9.17) is 4.74 Å². The standard InChI is InChI=1S/C16H11FN4O/c1-22-15-9-5-4-8-14(15)21-16(13(10-18)19-20-21)11-6-2-3-7-12(11)17/h2-9H,1H3. The van der Waals surface area contributed by atoms with Gasteiger partial charge in [0.15, 0.2) is 5.69 Å². The fourth-order valence-corrected chi connectivity index (χ4v) is 2.23. The van der Waals surface area contributed by atoms with E-state index in [1.165, 1.54) is 17.9 Å². The van der Waals surface area contributed by atoms with Crippen LogP contribution in [0.3, 0.4) is 0 Å². The van der Waals surface area contributed by atoms with Gasteiger partial charge in [0.2, 0.25) is 0 Å². The van der Waals surface area contributed by atoms with Crippen LogP contribution in [0.5, 0.6) is 5.75 Å². The molecule has 0 fully saturated rings. The number of hydrogen-bond donors (Lipinski definition) is 0. The molecule has 0 unspecified atom stereocenters. The van der Waals surface area contributed by atoms with Gasteiger partial charge in [0.25, 0.3) is 0 Å². The molecule has 0 bridgehead atoms. The van der Waals surface area contributed by atoms with E-state index in [1.54, 1.807) is 36.4 Å². The van der Waals surface area contributed by atoms with Crippen LogP contribution in [0.4, 0.5) is 4.39 Å². The lowest BCUT2D eigenvalue weighted by atomic mass is 10.1. The summed E-state index contributed by atoms with van der Waals surface area (Å²) in [7, 11) is 1.53. The van der Waals surface area contributed by atoms with Crippen molar-refractivity contribution in [1.82, 2.24) is 15.0 Å². The summed E-state index contributed by atoms with van der Waals surface area (Å²) in [6, 6.07) is 15.3. The fraction of sp³-hybridized carbons (Fsp3) is 0.0625. The minimum absolute atomic E-state index is 0.0519. The largest absolute Gasteiger partial charge is 0.494 e. The lowest BCUT2D eigenvalue weighted by Gasteiger charge is -2.11. The molecule has 0 aliphatic rings. The molecule has 0 spiro atoms. The predicted molar refractivity (Wildman–Crippen MR) is 78.0 cm³/mol. The molecule has 0 saturated carbocycles. The van der Waals surface area contributed by atoms with Gasteiger partial charge in [0.1, 0.15) is 29.0 Å². The molecule has 0 radical (unpaired) electrons. The molecule has 0 amide bonds. The summed E-state index contributed by atoms with van der Waals surface area (Å²) in [6.07, 6.45) is 0. The van der Waals surface area contributed by atoms with E-state index in [-0.39, 0.29) is 11.3 Å². The predicted octanol–water partition coefficient (Wildman–Crippen LogP) is 2.95. The van der Waals surface area contributed by atoms with Crippen LogP contribution in [0.25, 0.3) is 16.9 Å². The maximum absolute atomic E-state index is 14.1. The third kappa shape index (κ3) is 2.19. The van der Waals surface area contributed by atoms with E-state index in [9.17, 15) is 9.65 Å². The Balaban J connectivity index is 2.30. The molecule has 22 heavy (non-hydrogen) atoms. The second kappa shape index (κ2) is 5.66. The highest BCUT2D eigenvalue weighted by Crippen LogP contribution is 2.30. The van der Waals surface area contributed by atoms with Crippen LogP contribution in [0.2, 0.25) is 0 Å². The average molecular weight is 294 g/mol. The molecule has 0 aliphatic heterocycles. The highest BCUT2D eigenvalue weighted by atomic mass is 19.1. The molecule has 3 rings (SSSR count). The molecule has 1 aromatic heterocycles. The molecule has 0 aliphatic carbocycles. The van der Waals surface area contributed by atoms with Crippen LogP contribution in [0.15, 0.2) is 48.5 Å². The molecule has 108 valence electrons. The molecule has 0 saturated heterocycles. The summed E-state index contributed by atoms with van der Waals surface area (Å²) in [5, 5.41) is 17.1. The third-order valence-electron chi connectivity index (χ3n) is 3.22. The van der Waals surface area contributed by atoms with E-state index in [0.717, 1.165) is 0 Å². The number of methoxy groups -OCH3 is 1. The topological polar surface area (TPSA) is 63.7 Å². The lowest BCUT2D eigenvalue weighted by Crippen LogP contribution is -2.03. The molecule has 5 nitrogen and oxygen atoms in total. The van der Waals surface area contributed by atoms with Crippen molar-refractivity contribution >= 4 is 0 Å². The molecule has 2 aromatic carbocycles. The number of nitrogens with zero attached hydrogens (tertiary/aromatic N) is 4. The first-order valence-corrected chi connectivity index (χ1v) is 6.50. The summed E-state index contributed by atoms with van der Waals surface area (Å²) < 4.78 is 20.8. The smallest absolute Gasteiger partial charge is 0.191 e. The summed E-state index contributed by atoms with van der Waals surface area (Å²) in [5.74, 6) is 0.104. The van der Waals surface area contributed by atoms with Crippen LogP contribution >= 0.6 is 0 Å². The Morgan fingerprint density at radius 1 is 1.14 bits per heavy atom. The van der Waals surface area contributed by atoms with Gasteiger partial charge < -0.3 is 4.74 Å². The van der Waals surface area contributed by atoms with E-state index < -0.39 is 5.82 Å². The van der Waals surface area contributed by atoms with Crippen LogP contribution in [-0.2, 0) is 0 Å². The van der Waals surface area contributed by atoms with Crippen molar-refractivity contribution in [3.05, 3.63) is 60.0 Å². The molecule has 3 aromatic rings. The molecule has 6 heteroatoms. The Labute approximate surface area is 126 Å². The molecule has 0 atom stereocenters. The lowest BCUT2D eigenvalue weighted by molar-refractivity contribution is 0.411. The first-order valence-electron chi connectivity index (χ1n) is 6.50. The second-order valence-electron chi connectivity index (χ2n) is 4.46. The van der Waals surface area contributed by atoms with Crippen molar-refractivity contribution in [2.45, 2.75) is 0 Å². The van der Waals surface area contributed by atoms with E-state index in [2.05, 4.69) is 10.3 Å². The van der Waals surface area contributed by atoms with Crippen molar-refractivity contribution in [3.8, 4) is 28.8 Å². The number of ether oxygens (including phenoxy) is 1. The van der Waals surface area contributed by atoms with Gasteiger partial charge in [-0.1, -0.05) is 29.5 Å². The first kappa shape index (κ1) is 13.8. The van der Waals surface area contributed by atoms with Gasteiger partial charge >= 0.3 is 0 Å². The average Bonchev–Trinajstić information content (AvgIpc) is 2.98. The minimum atomic E-state index is -0.447. The van der Waals surface area contributed by atoms with Gasteiger partial charge in [-0.2, -0.15) is 5.26 Å². The Morgan fingerprint density at radius 3 is 2.59 bits per heavy atom. The van der Waals surface area contributed by atoms with Crippen LogP contribution in [0.1, 0.15) is 5.69 Å². The Morgan fingerprint density at radius 2 is 1.86 bits per heavy atom. The summed E-state index contributed by atoms with van der Waals surface area (Å²) >= 11 is 0. The van der Waals surface area contributed by atoms with E-state index in [1.807, 2.05) is 12.1 Å². The van der Waals surface area contributed by atoms with Crippen molar-refractivity contribution in [2.75, 3.05) is 7.11 Å². The van der Waals surface area contributed by atoms with Crippen molar-refractivity contribution in [1.29, 1.82) is 5.26 Å². The molecular formula is C16H11FN4O. The second-order valence-corrected chi connectivity index (χ2v) is 4.46. The van der Waals surface area contributed by atoms with Gasteiger partial charge in [-0.15, -0.1) is 5.10 Å². The zero-order valence-corrected chi connectivity index (χ0v) is 11.7. The van der Waals surface area contributed by atoms with Gasteiger partial charge in [-0.3, -0.25) is 0 Å². The van der Waals surface area contributed by atoms with Gasteiger partial charge in [-0.25, -0.2) is 9.07 Å². The van der Waals surface area contributed by atoms with Crippen molar-refractivity contribution in [2.24, 2.45) is 0 Å².